The number of carbonyl (C=O) groups excluding carboxylic acids is 1. The lowest BCUT2D eigenvalue weighted by atomic mass is 9.81. The Balaban J connectivity index is 1.27. The molecule has 2 saturated heterocycles. The van der Waals surface area contributed by atoms with Crippen LogP contribution < -0.4 is 4.74 Å². The number of nitrogens with zero attached hydrogens (tertiary/aromatic N) is 1. The van der Waals surface area contributed by atoms with Gasteiger partial charge in [0, 0.05) is 30.5 Å². The lowest BCUT2D eigenvalue weighted by Crippen LogP contribution is -2.54. The summed E-state index contributed by atoms with van der Waals surface area (Å²) in [5.41, 5.74) is 0.380. The molecule has 164 valence electrons. The molecule has 5 rings (SSSR count). The van der Waals surface area contributed by atoms with Gasteiger partial charge in [-0.25, -0.2) is 8.78 Å². The van der Waals surface area contributed by atoms with Gasteiger partial charge in [-0.2, -0.15) is 0 Å². The lowest BCUT2D eigenvalue weighted by molar-refractivity contribution is -0.142. The van der Waals surface area contributed by atoms with Gasteiger partial charge in [0.1, 0.15) is 17.4 Å². The van der Waals surface area contributed by atoms with Gasteiger partial charge < -0.3 is 14.7 Å². The quantitative estimate of drug-likeness (QED) is 0.778. The van der Waals surface area contributed by atoms with Crippen molar-refractivity contribution in [3.8, 4) is 5.75 Å². The summed E-state index contributed by atoms with van der Waals surface area (Å²) in [6, 6.07) is 11.3. The molecular weight excluding hydrogens is 400 g/mol. The molecule has 1 saturated carbocycles. The molecule has 0 aromatic heterocycles. The van der Waals surface area contributed by atoms with Crippen molar-refractivity contribution in [2.24, 2.45) is 5.92 Å². The smallest absolute Gasteiger partial charge is 0.226 e. The second-order valence-corrected chi connectivity index (χ2v) is 9.40. The SMILES string of the molecule is COc1cccc([C@H]2C[C@@H]2C(=O)N2[C@H]3CC[C@H]2CC(O)(Cc2ccc(F)cc2F)C3)c1. The van der Waals surface area contributed by atoms with E-state index in [1.807, 2.05) is 29.2 Å². The second kappa shape index (κ2) is 7.59. The summed E-state index contributed by atoms with van der Waals surface area (Å²) in [6.07, 6.45) is 3.57. The summed E-state index contributed by atoms with van der Waals surface area (Å²) in [5.74, 6) is -0.0729. The number of amides is 1. The number of halogens is 2. The maximum atomic E-state index is 14.1. The van der Waals surface area contributed by atoms with Gasteiger partial charge in [0.15, 0.2) is 0 Å². The van der Waals surface area contributed by atoms with Crippen LogP contribution in [0.1, 0.15) is 49.1 Å². The first-order chi connectivity index (χ1) is 14.9. The van der Waals surface area contributed by atoms with Gasteiger partial charge in [0.05, 0.1) is 12.7 Å². The predicted molar refractivity (Wildman–Crippen MR) is 112 cm³/mol. The number of hydrogen-bond donors (Lipinski definition) is 1. The van der Waals surface area contributed by atoms with E-state index in [1.165, 1.54) is 12.1 Å². The highest BCUT2D eigenvalue weighted by Crippen LogP contribution is 2.52. The van der Waals surface area contributed by atoms with E-state index in [9.17, 15) is 18.7 Å². The Morgan fingerprint density at radius 3 is 2.58 bits per heavy atom. The monoisotopic (exact) mass is 427 g/mol. The van der Waals surface area contributed by atoms with Crippen LogP contribution in [0.25, 0.3) is 0 Å². The fourth-order valence-electron chi connectivity index (χ4n) is 5.75. The number of piperidine rings is 1. The maximum absolute atomic E-state index is 14.1. The van der Waals surface area contributed by atoms with Gasteiger partial charge in [-0.05, 0) is 67.3 Å². The predicted octanol–water partition coefficient (Wildman–Crippen LogP) is 4.20. The third-order valence-corrected chi connectivity index (χ3v) is 7.27. The zero-order valence-corrected chi connectivity index (χ0v) is 17.6. The van der Waals surface area contributed by atoms with Crippen LogP contribution in [0.2, 0.25) is 0 Å². The van der Waals surface area contributed by atoms with Crippen LogP contribution in [0.5, 0.6) is 5.75 Å². The number of ether oxygens (including phenoxy) is 1. The van der Waals surface area contributed by atoms with Crippen LogP contribution in [0.3, 0.4) is 0 Å². The zero-order valence-electron chi connectivity index (χ0n) is 17.6. The average Bonchev–Trinajstić information content (AvgIpc) is 3.49. The summed E-state index contributed by atoms with van der Waals surface area (Å²) < 4.78 is 32.7. The summed E-state index contributed by atoms with van der Waals surface area (Å²) >= 11 is 0. The third-order valence-electron chi connectivity index (χ3n) is 7.27. The van der Waals surface area contributed by atoms with Gasteiger partial charge in [0.2, 0.25) is 5.91 Å². The highest BCUT2D eigenvalue weighted by Gasteiger charge is 2.54. The van der Waals surface area contributed by atoms with Gasteiger partial charge in [-0.15, -0.1) is 0 Å². The van der Waals surface area contributed by atoms with Crippen molar-refractivity contribution in [3.05, 3.63) is 65.2 Å². The van der Waals surface area contributed by atoms with Crippen molar-refractivity contribution in [2.45, 2.75) is 62.1 Å². The first kappa shape index (κ1) is 20.4. The standard InChI is InChI=1S/C25H27F2NO3/c1-31-20-4-2-3-15(9-20)21-11-22(21)24(29)28-18-7-8-19(28)14-25(30,13-18)12-16-5-6-17(26)10-23(16)27/h2-6,9-10,18-19,21-22,30H,7-8,11-14H2,1H3/t18-,19-,21+,22-/m0/s1. The Kier molecular flexibility index (Phi) is 5.00. The van der Waals surface area contributed by atoms with Crippen molar-refractivity contribution >= 4 is 5.91 Å². The molecule has 6 heteroatoms. The normalized spacial score (nSPS) is 31.5. The number of benzene rings is 2. The van der Waals surface area contributed by atoms with E-state index in [0.29, 0.717) is 18.4 Å². The summed E-state index contributed by atoms with van der Waals surface area (Å²) in [4.78, 5) is 15.3. The molecule has 3 fully saturated rings. The van der Waals surface area contributed by atoms with Crippen LogP contribution in [-0.4, -0.2) is 40.7 Å². The van der Waals surface area contributed by atoms with Gasteiger partial charge in [-0.1, -0.05) is 18.2 Å². The maximum Gasteiger partial charge on any atom is 0.226 e. The molecule has 4 nitrogen and oxygen atoms in total. The Bertz CT molecular complexity index is 996. The second-order valence-electron chi connectivity index (χ2n) is 9.40. The highest BCUT2D eigenvalue weighted by molar-refractivity contribution is 5.84. The van der Waals surface area contributed by atoms with Crippen molar-refractivity contribution in [1.82, 2.24) is 4.90 Å². The average molecular weight is 427 g/mol. The van der Waals surface area contributed by atoms with Crippen LogP contribution >= 0.6 is 0 Å². The van der Waals surface area contributed by atoms with E-state index in [0.717, 1.165) is 36.6 Å². The molecule has 0 radical (unpaired) electrons. The van der Waals surface area contributed by atoms with Crippen LogP contribution in [0.15, 0.2) is 42.5 Å². The van der Waals surface area contributed by atoms with E-state index < -0.39 is 17.2 Å². The Morgan fingerprint density at radius 1 is 1.16 bits per heavy atom. The molecule has 31 heavy (non-hydrogen) atoms. The van der Waals surface area contributed by atoms with E-state index in [2.05, 4.69) is 0 Å². The van der Waals surface area contributed by atoms with Crippen molar-refractivity contribution in [3.63, 3.8) is 0 Å². The van der Waals surface area contributed by atoms with E-state index >= 15 is 0 Å². The number of aliphatic hydroxyl groups is 1. The van der Waals surface area contributed by atoms with E-state index in [4.69, 9.17) is 4.74 Å². The van der Waals surface area contributed by atoms with Gasteiger partial charge in [-0.3, -0.25) is 4.79 Å². The fraction of sp³-hybridized carbons (Fsp3) is 0.480. The van der Waals surface area contributed by atoms with Gasteiger partial charge >= 0.3 is 0 Å². The Hall–Kier alpha value is -2.47. The molecule has 1 N–H and O–H groups in total. The molecule has 1 amide bonds. The highest BCUT2D eigenvalue weighted by atomic mass is 19.1. The largest absolute Gasteiger partial charge is 0.497 e. The molecule has 1 aliphatic carbocycles. The first-order valence-electron chi connectivity index (χ1n) is 11.0. The number of carbonyl (C=O) groups is 1. The fourth-order valence-corrected chi connectivity index (χ4v) is 5.75. The minimum Gasteiger partial charge on any atom is -0.497 e. The summed E-state index contributed by atoms with van der Waals surface area (Å²) in [7, 11) is 1.64. The van der Waals surface area contributed by atoms with E-state index in [1.54, 1.807) is 7.11 Å². The number of methoxy groups -OCH3 is 1. The van der Waals surface area contributed by atoms with Crippen LogP contribution in [-0.2, 0) is 11.2 Å². The van der Waals surface area contributed by atoms with Crippen molar-refractivity contribution < 1.29 is 23.4 Å². The van der Waals surface area contributed by atoms with E-state index in [-0.39, 0.29) is 36.2 Å². The minimum absolute atomic E-state index is 0.0176. The van der Waals surface area contributed by atoms with Crippen LogP contribution in [0, 0.1) is 17.6 Å². The Morgan fingerprint density at radius 2 is 1.90 bits per heavy atom. The first-order valence-corrected chi connectivity index (χ1v) is 11.0. The topological polar surface area (TPSA) is 49.8 Å². The molecule has 0 spiro atoms. The van der Waals surface area contributed by atoms with Crippen LogP contribution in [0.4, 0.5) is 8.78 Å². The summed E-state index contributed by atoms with van der Waals surface area (Å²) in [6.45, 7) is 0. The molecule has 2 aromatic carbocycles. The number of fused-ring (bicyclic) bond motifs is 2. The van der Waals surface area contributed by atoms with Gasteiger partial charge in [0.25, 0.3) is 0 Å². The minimum atomic E-state index is -1.07. The van der Waals surface area contributed by atoms with Crippen molar-refractivity contribution in [1.29, 1.82) is 0 Å². The molecule has 2 aliphatic heterocycles. The zero-order chi connectivity index (χ0) is 21.8. The number of rotatable bonds is 5. The lowest BCUT2D eigenvalue weighted by Gasteiger charge is -2.44. The number of hydrogen-bond acceptors (Lipinski definition) is 3. The molecule has 2 bridgehead atoms. The third kappa shape index (κ3) is 3.82. The molecule has 3 aliphatic rings. The Labute approximate surface area is 180 Å². The molecule has 2 heterocycles. The molecular formula is C25H27F2NO3. The van der Waals surface area contributed by atoms with Crippen molar-refractivity contribution in [2.75, 3.05) is 7.11 Å². The molecule has 0 unspecified atom stereocenters. The molecule has 2 aromatic rings. The molecule has 4 atom stereocenters. The summed E-state index contributed by atoms with van der Waals surface area (Å²) in [5, 5.41) is 11.2.